The summed E-state index contributed by atoms with van der Waals surface area (Å²) in [7, 11) is 0. The van der Waals surface area contributed by atoms with E-state index in [0.29, 0.717) is 6.04 Å². The van der Waals surface area contributed by atoms with Crippen molar-refractivity contribution in [3.05, 3.63) is 0 Å². The maximum atomic E-state index is 9.77. The van der Waals surface area contributed by atoms with Crippen LogP contribution in [0, 0.1) is 11.8 Å². The van der Waals surface area contributed by atoms with E-state index in [0.717, 1.165) is 37.8 Å². The first-order chi connectivity index (χ1) is 8.69. The number of aliphatic hydroxyl groups is 1. The van der Waals surface area contributed by atoms with Crippen LogP contribution in [0.15, 0.2) is 0 Å². The van der Waals surface area contributed by atoms with Crippen molar-refractivity contribution in [3.63, 3.8) is 0 Å². The molecule has 0 bridgehead atoms. The molecular formula is C15H30N2O. The van der Waals surface area contributed by atoms with E-state index in [9.17, 15) is 5.11 Å². The number of β-amino-alcohol motifs (C(OH)–C–C–N with tert-alkyl or cyclic N) is 1. The van der Waals surface area contributed by atoms with Gasteiger partial charge in [0, 0.05) is 19.1 Å². The van der Waals surface area contributed by atoms with Crippen LogP contribution < -0.4 is 5.32 Å². The van der Waals surface area contributed by atoms with Gasteiger partial charge in [0.15, 0.2) is 0 Å². The van der Waals surface area contributed by atoms with Crippen molar-refractivity contribution in [2.45, 2.75) is 58.1 Å². The lowest BCUT2D eigenvalue weighted by Crippen LogP contribution is -2.48. The molecule has 2 fully saturated rings. The monoisotopic (exact) mass is 254 g/mol. The molecule has 0 aromatic heterocycles. The second-order valence-electron chi connectivity index (χ2n) is 6.40. The maximum absolute atomic E-state index is 9.77. The summed E-state index contributed by atoms with van der Waals surface area (Å²) in [4.78, 5) is 2.49. The molecule has 2 N–H and O–H groups in total. The average Bonchev–Trinajstić information content (AvgIpc) is 2.33. The SMILES string of the molecule is CCNC1CCC(C)CC1CN1CCCC(O)C1. The fraction of sp³-hybridized carbons (Fsp3) is 1.00. The van der Waals surface area contributed by atoms with Crippen molar-refractivity contribution in [3.8, 4) is 0 Å². The highest BCUT2D eigenvalue weighted by atomic mass is 16.3. The van der Waals surface area contributed by atoms with Gasteiger partial charge in [0.1, 0.15) is 0 Å². The molecule has 1 aliphatic carbocycles. The van der Waals surface area contributed by atoms with Crippen molar-refractivity contribution in [1.29, 1.82) is 0 Å². The number of hydrogen-bond donors (Lipinski definition) is 2. The normalized spacial score (nSPS) is 38.8. The molecule has 2 rings (SSSR count). The van der Waals surface area contributed by atoms with Gasteiger partial charge >= 0.3 is 0 Å². The van der Waals surface area contributed by atoms with E-state index in [2.05, 4.69) is 24.1 Å². The van der Waals surface area contributed by atoms with Crippen LogP contribution in [-0.2, 0) is 0 Å². The van der Waals surface area contributed by atoms with Crippen LogP contribution in [0.25, 0.3) is 0 Å². The van der Waals surface area contributed by atoms with Gasteiger partial charge in [-0.15, -0.1) is 0 Å². The number of piperidine rings is 1. The summed E-state index contributed by atoms with van der Waals surface area (Å²) in [6.45, 7) is 8.93. The van der Waals surface area contributed by atoms with E-state index in [1.54, 1.807) is 0 Å². The molecule has 1 heterocycles. The molecule has 1 saturated carbocycles. The van der Waals surface area contributed by atoms with Gasteiger partial charge in [-0.25, -0.2) is 0 Å². The first-order valence-electron chi connectivity index (χ1n) is 7.82. The minimum absolute atomic E-state index is 0.0858. The molecule has 2 aliphatic rings. The zero-order valence-electron chi connectivity index (χ0n) is 12.1. The second kappa shape index (κ2) is 6.88. The Bertz CT molecular complexity index is 247. The van der Waals surface area contributed by atoms with E-state index in [4.69, 9.17) is 0 Å². The van der Waals surface area contributed by atoms with Gasteiger partial charge in [-0.05, 0) is 57.0 Å². The zero-order valence-corrected chi connectivity index (χ0v) is 12.1. The first-order valence-corrected chi connectivity index (χ1v) is 7.82. The number of nitrogens with zero attached hydrogens (tertiary/aromatic N) is 1. The quantitative estimate of drug-likeness (QED) is 0.804. The molecule has 106 valence electrons. The molecule has 4 unspecified atom stereocenters. The Balaban J connectivity index is 1.87. The Hall–Kier alpha value is -0.120. The summed E-state index contributed by atoms with van der Waals surface area (Å²) in [5.74, 6) is 1.65. The predicted molar refractivity (Wildman–Crippen MR) is 75.7 cm³/mol. The Labute approximate surface area is 112 Å². The Kier molecular flexibility index (Phi) is 5.46. The topological polar surface area (TPSA) is 35.5 Å². The van der Waals surface area contributed by atoms with E-state index < -0.39 is 0 Å². The zero-order chi connectivity index (χ0) is 13.0. The van der Waals surface area contributed by atoms with Gasteiger partial charge in [0.05, 0.1) is 6.10 Å². The number of likely N-dealkylation sites (tertiary alicyclic amines) is 1. The third-order valence-corrected chi connectivity index (χ3v) is 4.68. The Morgan fingerprint density at radius 3 is 2.83 bits per heavy atom. The molecule has 0 spiro atoms. The van der Waals surface area contributed by atoms with E-state index >= 15 is 0 Å². The molecule has 18 heavy (non-hydrogen) atoms. The van der Waals surface area contributed by atoms with E-state index in [1.165, 1.54) is 32.4 Å². The molecular weight excluding hydrogens is 224 g/mol. The molecule has 3 heteroatoms. The third-order valence-electron chi connectivity index (χ3n) is 4.68. The Morgan fingerprint density at radius 1 is 1.28 bits per heavy atom. The number of rotatable bonds is 4. The molecule has 4 atom stereocenters. The standard InChI is InChI=1S/C15H30N2O/c1-3-16-15-7-6-12(2)9-13(15)10-17-8-4-5-14(18)11-17/h12-16,18H,3-11H2,1-2H3. The summed E-state index contributed by atoms with van der Waals surface area (Å²) in [6.07, 6.45) is 6.12. The molecule has 0 amide bonds. The highest BCUT2D eigenvalue weighted by molar-refractivity contribution is 4.86. The number of hydrogen-bond acceptors (Lipinski definition) is 3. The fourth-order valence-electron chi connectivity index (χ4n) is 3.76. The van der Waals surface area contributed by atoms with E-state index in [1.807, 2.05) is 0 Å². The Morgan fingerprint density at radius 2 is 2.11 bits per heavy atom. The fourth-order valence-corrected chi connectivity index (χ4v) is 3.76. The van der Waals surface area contributed by atoms with Crippen molar-refractivity contribution in [2.75, 3.05) is 26.2 Å². The minimum atomic E-state index is -0.0858. The van der Waals surface area contributed by atoms with Crippen LogP contribution in [0.3, 0.4) is 0 Å². The van der Waals surface area contributed by atoms with Crippen LogP contribution in [0.1, 0.15) is 46.0 Å². The van der Waals surface area contributed by atoms with Crippen molar-refractivity contribution in [2.24, 2.45) is 11.8 Å². The van der Waals surface area contributed by atoms with Gasteiger partial charge in [-0.3, -0.25) is 0 Å². The number of aliphatic hydroxyl groups excluding tert-OH is 1. The smallest absolute Gasteiger partial charge is 0.0667 e. The molecule has 1 saturated heterocycles. The predicted octanol–water partition coefficient (Wildman–Crippen LogP) is 1.86. The van der Waals surface area contributed by atoms with Crippen LogP contribution in [-0.4, -0.2) is 48.3 Å². The maximum Gasteiger partial charge on any atom is 0.0667 e. The van der Waals surface area contributed by atoms with Crippen LogP contribution in [0.4, 0.5) is 0 Å². The van der Waals surface area contributed by atoms with Crippen molar-refractivity contribution < 1.29 is 5.11 Å². The van der Waals surface area contributed by atoms with Gasteiger partial charge in [0.2, 0.25) is 0 Å². The highest BCUT2D eigenvalue weighted by Gasteiger charge is 2.30. The number of nitrogens with one attached hydrogen (secondary N) is 1. The summed E-state index contributed by atoms with van der Waals surface area (Å²) < 4.78 is 0. The lowest BCUT2D eigenvalue weighted by molar-refractivity contribution is 0.0496. The van der Waals surface area contributed by atoms with Gasteiger partial charge < -0.3 is 15.3 Å². The van der Waals surface area contributed by atoms with Crippen molar-refractivity contribution >= 4 is 0 Å². The summed E-state index contributed by atoms with van der Waals surface area (Å²) in [5.41, 5.74) is 0. The minimum Gasteiger partial charge on any atom is -0.392 e. The summed E-state index contributed by atoms with van der Waals surface area (Å²) in [5, 5.41) is 13.4. The van der Waals surface area contributed by atoms with Crippen LogP contribution >= 0.6 is 0 Å². The van der Waals surface area contributed by atoms with Crippen LogP contribution in [0.5, 0.6) is 0 Å². The molecule has 0 aromatic carbocycles. The lowest BCUT2D eigenvalue weighted by Gasteiger charge is -2.40. The van der Waals surface area contributed by atoms with Gasteiger partial charge in [0.25, 0.3) is 0 Å². The van der Waals surface area contributed by atoms with Gasteiger partial charge in [-0.1, -0.05) is 13.8 Å². The van der Waals surface area contributed by atoms with E-state index in [-0.39, 0.29) is 6.10 Å². The molecule has 3 nitrogen and oxygen atoms in total. The lowest BCUT2D eigenvalue weighted by atomic mass is 9.78. The van der Waals surface area contributed by atoms with Gasteiger partial charge in [-0.2, -0.15) is 0 Å². The highest BCUT2D eigenvalue weighted by Crippen LogP contribution is 2.30. The molecule has 1 aliphatic heterocycles. The molecule has 0 radical (unpaired) electrons. The van der Waals surface area contributed by atoms with Crippen molar-refractivity contribution in [1.82, 2.24) is 10.2 Å². The first kappa shape index (κ1) is 14.3. The third kappa shape index (κ3) is 3.94. The average molecular weight is 254 g/mol. The summed E-state index contributed by atoms with van der Waals surface area (Å²) >= 11 is 0. The summed E-state index contributed by atoms with van der Waals surface area (Å²) in [6, 6.07) is 0.699. The molecule has 0 aromatic rings. The largest absolute Gasteiger partial charge is 0.392 e. The van der Waals surface area contributed by atoms with Crippen LogP contribution in [0.2, 0.25) is 0 Å². The second-order valence-corrected chi connectivity index (χ2v) is 6.40.